The van der Waals surface area contributed by atoms with Crippen molar-refractivity contribution in [2.24, 2.45) is 0 Å². The zero-order chi connectivity index (χ0) is 7.84. The summed E-state index contributed by atoms with van der Waals surface area (Å²) in [7, 11) is 0. The lowest BCUT2D eigenvalue weighted by molar-refractivity contribution is 1.17. The van der Waals surface area contributed by atoms with Crippen molar-refractivity contribution in [3.63, 3.8) is 0 Å². The number of fused-ring (bicyclic) bond motifs is 1. The molecule has 2 heteroatoms. The van der Waals surface area contributed by atoms with E-state index in [-0.39, 0.29) is 0 Å². The Labute approximate surface area is 68.8 Å². The van der Waals surface area contributed by atoms with Gasteiger partial charge in [0.15, 0.2) is 0 Å². The number of nitrogens with zero attached hydrogens (tertiary/aromatic N) is 1. The molecule has 1 aromatic rings. The smallest absolute Gasteiger partial charge is 0.127 e. The van der Waals surface area contributed by atoms with Crippen molar-refractivity contribution >= 4 is 17.5 Å². The number of thioether (sulfide) groups is 1. The van der Waals surface area contributed by atoms with Crippen LogP contribution in [-0.4, -0.2) is 11.2 Å². The summed E-state index contributed by atoms with van der Waals surface area (Å²) < 4.78 is 0. The Balaban J connectivity index is 2.72. The van der Waals surface area contributed by atoms with E-state index >= 15 is 0 Å². The van der Waals surface area contributed by atoms with Crippen LogP contribution in [-0.2, 0) is 0 Å². The number of hydrogen-bond acceptors (Lipinski definition) is 2. The highest BCUT2D eigenvalue weighted by Crippen LogP contribution is 2.11. The maximum atomic E-state index is 5.26. The lowest BCUT2D eigenvalue weighted by atomic mass is 10.4. The summed E-state index contributed by atoms with van der Waals surface area (Å²) in [5, 5.41) is 2.26. The average Bonchev–Trinajstić information content (AvgIpc) is 2.80. The van der Waals surface area contributed by atoms with Gasteiger partial charge in [0.25, 0.3) is 0 Å². The molecule has 0 N–H and O–H groups in total. The third-order valence-electron chi connectivity index (χ3n) is 1.57. The van der Waals surface area contributed by atoms with Gasteiger partial charge in [-0.1, -0.05) is 5.73 Å². The molecule has 1 aromatic heterocycles. The van der Waals surface area contributed by atoms with Gasteiger partial charge in [0, 0.05) is 6.20 Å². The van der Waals surface area contributed by atoms with Gasteiger partial charge in [0.1, 0.15) is 5.69 Å². The van der Waals surface area contributed by atoms with Crippen LogP contribution in [0.5, 0.6) is 0 Å². The second-order valence-electron chi connectivity index (χ2n) is 2.20. The largest absolute Gasteiger partial charge is 0.245 e. The number of pyridine rings is 1. The molecule has 1 heterocycles. The van der Waals surface area contributed by atoms with Crippen molar-refractivity contribution in [2.45, 2.75) is 4.90 Å². The van der Waals surface area contributed by atoms with E-state index in [0.29, 0.717) is 0 Å². The Kier molecular flexibility index (Phi) is 1.29. The Morgan fingerprint density at radius 3 is 3.18 bits per heavy atom. The minimum Gasteiger partial charge on any atom is -0.245 e. The topological polar surface area (TPSA) is 12.9 Å². The van der Waals surface area contributed by atoms with E-state index in [1.807, 2.05) is 6.26 Å². The van der Waals surface area contributed by atoms with Crippen molar-refractivity contribution in [1.29, 1.82) is 0 Å². The lowest BCUT2D eigenvalue weighted by Gasteiger charge is -1.94. The van der Waals surface area contributed by atoms with Gasteiger partial charge in [-0.2, -0.15) is 0 Å². The first-order valence-corrected chi connectivity index (χ1v) is 4.40. The highest BCUT2D eigenvalue weighted by molar-refractivity contribution is 7.98. The first kappa shape index (κ1) is 6.54. The first-order chi connectivity index (χ1) is 5.36. The molecule has 2 rings (SSSR count). The minimum atomic E-state index is 0.737. The summed E-state index contributed by atoms with van der Waals surface area (Å²) >= 11 is 1.63. The number of rotatable bonds is 1. The molecule has 0 saturated heterocycles. The summed E-state index contributed by atoms with van der Waals surface area (Å²) in [6.45, 7) is 0. The van der Waals surface area contributed by atoms with Crippen LogP contribution in [0, 0.1) is 12.3 Å². The molecule has 0 unspecified atom stereocenters. The van der Waals surface area contributed by atoms with Crippen LogP contribution in [0.15, 0.2) is 11.1 Å². The molecule has 0 radical (unpaired) electrons. The number of aromatic nitrogens is 1. The maximum absolute atomic E-state index is 5.26. The molecule has 11 heavy (non-hydrogen) atoms. The molecule has 0 atom stereocenters. The molecule has 0 spiro atoms. The molecule has 0 fully saturated rings. The predicted octanol–water partition coefficient (Wildman–Crippen LogP) is -0.151. The number of hydrogen-bond donors (Lipinski definition) is 0. The summed E-state index contributed by atoms with van der Waals surface area (Å²) in [6.07, 6.45) is 9.03. The van der Waals surface area contributed by atoms with E-state index in [1.54, 1.807) is 18.0 Å². The van der Waals surface area contributed by atoms with Gasteiger partial charge in [-0.25, -0.2) is 4.98 Å². The van der Waals surface area contributed by atoms with Crippen LogP contribution in [0.3, 0.4) is 0 Å². The maximum Gasteiger partial charge on any atom is 0.127 e. The van der Waals surface area contributed by atoms with Gasteiger partial charge < -0.3 is 0 Å². The first-order valence-electron chi connectivity index (χ1n) is 3.17. The zero-order valence-electron chi connectivity index (χ0n) is 6.01. The second-order valence-corrected chi connectivity index (χ2v) is 3.01. The van der Waals surface area contributed by atoms with E-state index in [0.717, 1.165) is 21.0 Å². The van der Waals surface area contributed by atoms with Crippen LogP contribution in [0.25, 0.3) is 5.73 Å². The molecular weight excluding hydrogens is 154 g/mol. The SMILES string of the molecule is C#Cc1ncc2c(c1SC)=C=2. The quantitative estimate of drug-likeness (QED) is 0.424. The van der Waals surface area contributed by atoms with Crippen molar-refractivity contribution in [3.05, 3.63) is 22.3 Å². The Bertz CT molecular complexity index is 476. The van der Waals surface area contributed by atoms with Crippen LogP contribution in [0.2, 0.25) is 0 Å². The zero-order valence-corrected chi connectivity index (χ0v) is 6.83. The average molecular weight is 159 g/mol. The van der Waals surface area contributed by atoms with Gasteiger partial charge in [-0.05, 0) is 12.2 Å². The fraction of sp³-hybridized carbons (Fsp3) is 0.111. The van der Waals surface area contributed by atoms with Gasteiger partial charge in [-0.3, -0.25) is 0 Å². The van der Waals surface area contributed by atoms with Crippen molar-refractivity contribution in [1.82, 2.24) is 4.98 Å². The third kappa shape index (κ3) is 0.867. The molecule has 0 aromatic carbocycles. The molecule has 0 amide bonds. The molecule has 0 saturated carbocycles. The standard InChI is InChI=1S/C9H5NS/c1-3-8-9(11-2)7-4-6(7)5-10-8/h1,5H,2H3. The van der Waals surface area contributed by atoms with E-state index in [4.69, 9.17) is 6.42 Å². The highest BCUT2D eigenvalue weighted by atomic mass is 32.2. The number of terminal acetylenes is 1. The molecule has 0 aliphatic heterocycles. The Hall–Kier alpha value is -1.16. The lowest BCUT2D eigenvalue weighted by Crippen LogP contribution is -2.13. The van der Waals surface area contributed by atoms with Crippen LogP contribution in [0.1, 0.15) is 5.69 Å². The van der Waals surface area contributed by atoms with Crippen molar-refractivity contribution in [2.75, 3.05) is 6.26 Å². The normalized spacial score (nSPS) is 10.5. The highest BCUT2D eigenvalue weighted by Gasteiger charge is 2.07. The van der Waals surface area contributed by atoms with E-state index < -0.39 is 0 Å². The van der Waals surface area contributed by atoms with Gasteiger partial charge in [0.2, 0.25) is 0 Å². The summed E-state index contributed by atoms with van der Waals surface area (Å²) in [4.78, 5) is 5.19. The van der Waals surface area contributed by atoms with Crippen LogP contribution in [0.4, 0.5) is 0 Å². The van der Waals surface area contributed by atoms with Crippen LogP contribution >= 0.6 is 11.8 Å². The molecular formula is C9H5NS. The van der Waals surface area contributed by atoms with Crippen LogP contribution < -0.4 is 10.4 Å². The summed E-state index contributed by atoms with van der Waals surface area (Å²) in [6, 6.07) is 0. The summed E-state index contributed by atoms with van der Waals surface area (Å²) in [5.74, 6) is 2.55. The predicted molar refractivity (Wildman–Crippen MR) is 45.7 cm³/mol. The minimum absolute atomic E-state index is 0.737. The molecule has 1 aliphatic rings. The molecule has 52 valence electrons. The Morgan fingerprint density at radius 1 is 1.73 bits per heavy atom. The molecule has 1 nitrogen and oxygen atoms in total. The second kappa shape index (κ2) is 2.17. The fourth-order valence-corrected chi connectivity index (χ4v) is 1.66. The van der Waals surface area contributed by atoms with Crippen molar-refractivity contribution < 1.29 is 0 Å². The molecule has 0 bridgehead atoms. The van der Waals surface area contributed by atoms with Gasteiger partial charge in [-0.15, -0.1) is 18.2 Å². The van der Waals surface area contributed by atoms with E-state index in [9.17, 15) is 0 Å². The van der Waals surface area contributed by atoms with Crippen molar-refractivity contribution in [3.8, 4) is 12.3 Å². The van der Waals surface area contributed by atoms with Gasteiger partial charge >= 0.3 is 0 Å². The van der Waals surface area contributed by atoms with Gasteiger partial charge in [0.05, 0.1) is 15.3 Å². The summed E-state index contributed by atoms with van der Waals surface area (Å²) in [5.41, 5.74) is 3.84. The molecule has 1 aliphatic carbocycles. The Morgan fingerprint density at radius 2 is 2.55 bits per heavy atom. The fourth-order valence-electron chi connectivity index (χ4n) is 0.987. The van der Waals surface area contributed by atoms with E-state index in [2.05, 4.69) is 16.6 Å². The third-order valence-corrected chi connectivity index (χ3v) is 2.38. The van der Waals surface area contributed by atoms with E-state index in [1.165, 1.54) is 0 Å². The monoisotopic (exact) mass is 159 g/mol.